The van der Waals surface area contributed by atoms with Gasteiger partial charge in [0.05, 0.1) is 7.11 Å². The average molecular weight is 252 g/mol. The van der Waals surface area contributed by atoms with Crippen LogP contribution in [-0.2, 0) is 9.53 Å². The standard InChI is InChI=1S/C9H8F4N2O2/c1-3(9(16)17-2)14-6-4(10)7(12)15-8(13)5(6)11/h3H,1-2H3,(H,14,15). The Morgan fingerprint density at radius 2 is 1.71 bits per heavy atom. The summed E-state index contributed by atoms with van der Waals surface area (Å²) < 4.78 is 55.9. The maximum Gasteiger partial charge on any atom is 0.327 e. The van der Waals surface area contributed by atoms with E-state index in [9.17, 15) is 22.4 Å². The number of anilines is 1. The van der Waals surface area contributed by atoms with Crippen molar-refractivity contribution in [1.29, 1.82) is 0 Å². The number of aromatic nitrogens is 1. The molecule has 4 nitrogen and oxygen atoms in total. The number of carbonyl (C=O) groups is 1. The summed E-state index contributed by atoms with van der Waals surface area (Å²) in [6.45, 7) is 1.21. The smallest absolute Gasteiger partial charge is 0.327 e. The predicted molar refractivity (Wildman–Crippen MR) is 49.2 cm³/mol. The molecule has 0 saturated heterocycles. The van der Waals surface area contributed by atoms with Crippen LogP contribution in [0.4, 0.5) is 23.2 Å². The molecule has 0 aliphatic carbocycles. The highest BCUT2D eigenvalue weighted by Crippen LogP contribution is 2.22. The van der Waals surface area contributed by atoms with Crippen LogP contribution < -0.4 is 5.32 Å². The lowest BCUT2D eigenvalue weighted by molar-refractivity contribution is -0.141. The predicted octanol–water partition coefficient (Wildman–Crippen LogP) is 1.61. The maximum absolute atomic E-state index is 13.1. The molecule has 0 bridgehead atoms. The van der Waals surface area contributed by atoms with Gasteiger partial charge < -0.3 is 10.1 Å². The normalized spacial score (nSPS) is 12.1. The van der Waals surface area contributed by atoms with Crippen molar-refractivity contribution in [2.24, 2.45) is 0 Å². The third-order valence-corrected chi connectivity index (χ3v) is 1.91. The zero-order chi connectivity index (χ0) is 13.2. The molecule has 17 heavy (non-hydrogen) atoms. The first kappa shape index (κ1) is 13.2. The van der Waals surface area contributed by atoms with Crippen molar-refractivity contribution < 1.29 is 27.1 Å². The molecule has 0 radical (unpaired) electrons. The van der Waals surface area contributed by atoms with Gasteiger partial charge in [0.1, 0.15) is 11.7 Å². The molecule has 0 aliphatic heterocycles. The minimum Gasteiger partial charge on any atom is -0.467 e. The lowest BCUT2D eigenvalue weighted by atomic mass is 10.3. The van der Waals surface area contributed by atoms with Crippen LogP contribution in [0.15, 0.2) is 0 Å². The highest BCUT2D eigenvalue weighted by atomic mass is 19.2. The number of pyridine rings is 1. The lowest BCUT2D eigenvalue weighted by Crippen LogP contribution is -2.28. The molecule has 0 aliphatic rings. The first-order valence-electron chi connectivity index (χ1n) is 4.42. The molecule has 1 atom stereocenters. The van der Waals surface area contributed by atoms with Crippen molar-refractivity contribution in [3.05, 3.63) is 23.5 Å². The molecular weight excluding hydrogens is 244 g/mol. The second kappa shape index (κ2) is 4.98. The van der Waals surface area contributed by atoms with Crippen LogP contribution in [0.5, 0.6) is 0 Å². The van der Waals surface area contributed by atoms with Gasteiger partial charge in [0.2, 0.25) is 11.6 Å². The topological polar surface area (TPSA) is 51.2 Å². The van der Waals surface area contributed by atoms with Gasteiger partial charge in [-0.3, -0.25) is 0 Å². The number of esters is 1. The van der Waals surface area contributed by atoms with Gasteiger partial charge in [-0.15, -0.1) is 0 Å². The van der Waals surface area contributed by atoms with Gasteiger partial charge in [-0.25, -0.2) is 4.79 Å². The van der Waals surface area contributed by atoms with E-state index in [0.717, 1.165) is 7.11 Å². The number of hydrogen-bond acceptors (Lipinski definition) is 4. The molecule has 0 spiro atoms. The van der Waals surface area contributed by atoms with Gasteiger partial charge in [0.15, 0.2) is 0 Å². The second-order valence-corrected chi connectivity index (χ2v) is 3.09. The number of carbonyl (C=O) groups excluding carboxylic acids is 1. The number of ether oxygens (including phenoxy) is 1. The number of hydrogen-bond donors (Lipinski definition) is 1. The Kier molecular flexibility index (Phi) is 3.87. The molecule has 0 saturated carbocycles. The molecule has 8 heteroatoms. The molecular formula is C9H8F4N2O2. The molecule has 1 heterocycles. The molecule has 1 unspecified atom stereocenters. The van der Waals surface area contributed by atoms with E-state index >= 15 is 0 Å². The Balaban J connectivity index is 3.10. The summed E-state index contributed by atoms with van der Waals surface area (Å²) in [4.78, 5) is 13.3. The molecule has 1 aromatic heterocycles. The Bertz CT molecular complexity index is 427. The van der Waals surface area contributed by atoms with Crippen molar-refractivity contribution in [2.75, 3.05) is 12.4 Å². The molecule has 0 aromatic carbocycles. The Morgan fingerprint density at radius 1 is 1.24 bits per heavy atom. The van der Waals surface area contributed by atoms with E-state index in [1.807, 2.05) is 5.32 Å². The summed E-state index contributed by atoms with van der Waals surface area (Å²) in [5.41, 5.74) is -1.10. The van der Waals surface area contributed by atoms with Crippen molar-refractivity contribution in [3.63, 3.8) is 0 Å². The van der Waals surface area contributed by atoms with Crippen LogP contribution in [0.3, 0.4) is 0 Å². The Morgan fingerprint density at radius 3 is 2.12 bits per heavy atom. The number of nitrogens with one attached hydrogen (secondary N) is 1. The second-order valence-electron chi connectivity index (χ2n) is 3.09. The van der Waals surface area contributed by atoms with Crippen LogP contribution in [0.1, 0.15) is 6.92 Å². The number of methoxy groups -OCH3 is 1. The number of halogens is 4. The van der Waals surface area contributed by atoms with Gasteiger partial charge in [-0.1, -0.05) is 0 Å². The third-order valence-electron chi connectivity index (χ3n) is 1.91. The molecule has 1 aromatic rings. The molecule has 0 amide bonds. The highest BCUT2D eigenvalue weighted by molar-refractivity contribution is 5.78. The summed E-state index contributed by atoms with van der Waals surface area (Å²) in [6.07, 6.45) is 0. The number of nitrogens with zero attached hydrogens (tertiary/aromatic N) is 1. The lowest BCUT2D eigenvalue weighted by Gasteiger charge is -2.14. The minimum absolute atomic E-state index is 0.846. The zero-order valence-corrected chi connectivity index (χ0v) is 8.85. The van der Waals surface area contributed by atoms with Gasteiger partial charge in [0.25, 0.3) is 11.9 Å². The van der Waals surface area contributed by atoms with E-state index in [1.165, 1.54) is 6.92 Å². The van der Waals surface area contributed by atoms with Crippen molar-refractivity contribution in [1.82, 2.24) is 4.98 Å². The van der Waals surface area contributed by atoms with Crippen molar-refractivity contribution in [2.45, 2.75) is 13.0 Å². The minimum atomic E-state index is -1.80. The monoisotopic (exact) mass is 252 g/mol. The molecule has 1 N–H and O–H groups in total. The maximum atomic E-state index is 13.1. The van der Waals surface area contributed by atoms with Crippen LogP contribution in [0.25, 0.3) is 0 Å². The first-order chi connectivity index (χ1) is 7.88. The Hall–Kier alpha value is -1.86. The third kappa shape index (κ3) is 2.63. The van der Waals surface area contributed by atoms with Gasteiger partial charge >= 0.3 is 5.97 Å². The van der Waals surface area contributed by atoms with Crippen molar-refractivity contribution >= 4 is 11.7 Å². The van der Waals surface area contributed by atoms with E-state index in [2.05, 4.69) is 9.72 Å². The first-order valence-corrected chi connectivity index (χ1v) is 4.42. The van der Waals surface area contributed by atoms with E-state index in [0.29, 0.717) is 0 Å². The van der Waals surface area contributed by atoms with E-state index < -0.39 is 41.2 Å². The van der Waals surface area contributed by atoms with Crippen molar-refractivity contribution in [3.8, 4) is 0 Å². The van der Waals surface area contributed by atoms with E-state index in [1.54, 1.807) is 0 Å². The number of rotatable bonds is 3. The fourth-order valence-corrected chi connectivity index (χ4v) is 1.07. The van der Waals surface area contributed by atoms with E-state index in [-0.39, 0.29) is 0 Å². The quantitative estimate of drug-likeness (QED) is 0.504. The molecule has 0 fully saturated rings. The van der Waals surface area contributed by atoms with Crippen LogP contribution in [0.2, 0.25) is 0 Å². The molecule has 94 valence electrons. The molecule has 1 rings (SSSR count). The SMILES string of the molecule is COC(=O)C(C)Nc1c(F)c(F)nc(F)c1F. The van der Waals surface area contributed by atoms with Crippen LogP contribution in [-0.4, -0.2) is 24.1 Å². The average Bonchev–Trinajstić information content (AvgIpc) is 2.30. The largest absolute Gasteiger partial charge is 0.467 e. The van der Waals surface area contributed by atoms with Gasteiger partial charge in [-0.2, -0.15) is 22.5 Å². The summed E-state index contributed by atoms with van der Waals surface area (Å²) in [5.74, 6) is -7.87. The Labute approximate surface area is 93.6 Å². The van der Waals surface area contributed by atoms with Gasteiger partial charge in [-0.05, 0) is 6.92 Å². The van der Waals surface area contributed by atoms with Gasteiger partial charge in [0, 0.05) is 0 Å². The zero-order valence-electron chi connectivity index (χ0n) is 8.85. The van der Waals surface area contributed by atoms with Crippen LogP contribution >= 0.6 is 0 Å². The highest BCUT2D eigenvalue weighted by Gasteiger charge is 2.24. The van der Waals surface area contributed by atoms with E-state index in [4.69, 9.17) is 0 Å². The summed E-state index contributed by atoms with van der Waals surface area (Å²) in [5, 5.41) is 1.97. The fourth-order valence-electron chi connectivity index (χ4n) is 1.07. The summed E-state index contributed by atoms with van der Waals surface area (Å²) in [6, 6.07) is -1.18. The van der Waals surface area contributed by atoms with Crippen LogP contribution in [0, 0.1) is 23.5 Å². The summed E-state index contributed by atoms with van der Waals surface area (Å²) >= 11 is 0. The summed E-state index contributed by atoms with van der Waals surface area (Å²) in [7, 11) is 1.06. The fraction of sp³-hybridized carbons (Fsp3) is 0.333.